The number of anilines is 1. The second-order valence-corrected chi connectivity index (χ2v) is 5.44. The molecule has 1 N–H and O–H groups in total. The van der Waals surface area contributed by atoms with Crippen molar-refractivity contribution in [3.63, 3.8) is 0 Å². The smallest absolute Gasteiger partial charge is 0.233 e. The van der Waals surface area contributed by atoms with Gasteiger partial charge in [0.1, 0.15) is 5.03 Å². The van der Waals surface area contributed by atoms with E-state index >= 15 is 0 Å². The normalized spacial score (nSPS) is 14.8. The molecule has 21 heavy (non-hydrogen) atoms. The van der Waals surface area contributed by atoms with Crippen LogP contribution in [0.4, 0.5) is 5.82 Å². The number of hydrogen-bond acceptors (Lipinski definition) is 6. The zero-order chi connectivity index (χ0) is 15.1. The fourth-order valence-corrected chi connectivity index (χ4v) is 2.45. The summed E-state index contributed by atoms with van der Waals surface area (Å²) in [4.78, 5) is 25.0. The minimum absolute atomic E-state index is 0.0773. The highest BCUT2D eigenvalue weighted by atomic mass is 32.2. The molecular formula is C13H18N4O3S. The summed E-state index contributed by atoms with van der Waals surface area (Å²) in [5.41, 5.74) is 0. The maximum atomic E-state index is 12.0. The van der Waals surface area contributed by atoms with Gasteiger partial charge in [-0.3, -0.25) is 9.59 Å². The molecule has 2 amide bonds. The molecule has 0 aromatic carbocycles. The standard InChI is InChI=1S/C13H18N4O3S/c1-2-11(18)14-10-3-4-12(16-15-10)21-9-13(19)17-5-7-20-8-6-17/h3-4H,2,5-9H2,1H3,(H,14,15,18). The van der Waals surface area contributed by atoms with Crippen molar-refractivity contribution in [1.82, 2.24) is 15.1 Å². The van der Waals surface area contributed by atoms with Crippen LogP contribution in [0.5, 0.6) is 0 Å². The summed E-state index contributed by atoms with van der Waals surface area (Å²) in [6.07, 6.45) is 0.395. The average Bonchev–Trinajstić information content (AvgIpc) is 2.54. The Bertz CT molecular complexity index is 489. The average molecular weight is 310 g/mol. The van der Waals surface area contributed by atoms with Crippen LogP contribution in [0.15, 0.2) is 17.2 Å². The lowest BCUT2D eigenvalue weighted by molar-refractivity contribution is -0.132. The van der Waals surface area contributed by atoms with E-state index in [1.54, 1.807) is 24.0 Å². The topological polar surface area (TPSA) is 84.4 Å². The van der Waals surface area contributed by atoms with Crippen molar-refractivity contribution in [2.45, 2.75) is 18.4 Å². The van der Waals surface area contributed by atoms with E-state index in [2.05, 4.69) is 15.5 Å². The van der Waals surface area contributed by atoms with Gasteiger partial charge < -0.3 is 15.0 Å². The first-order chi connectivity index (χ1) is 10.2. The predicted molar refractivity (Wildman–Crippen MR) is 79.1 cm³/mol. The van der Waals surface area contributed by atoms with Crippen LogP contribution in [-0.2, 0) is 14.3 Å². The number of carbonyl (C=O) groups is 2. The number of morpholine rings is 1. The number of hydrogen-bond donors (Lipinski definition) is 1. The molecule has 1 aliphatic heterocycles. The van der Waals surface area contributed by atoms with Crippen LogP contribution in [0.2, 0.25) is 0 Å². The summed E-state index contributed by atoms with van der Waals surface area (Å²) in [6, 6.07) is 3.43. The SMILES string of the molecule is CCC(=O)Nc1ccc(SCC(=O)N2CCOCC2)nn1. The highest BCUT2D eigenvalue weighted by molar-refractivity contribution is 7.99. The number of nitrogens with one attached hydrogen (secondary N) is 1. The molecule has 2 heterocycles. The molecule has 0 unspecified atom stereocenters. The summed E-state index contributed by atoms with van der Waals surface area (Å²) in [5, 5.41) is 11.2. The van der Waals surface area contributed by atoms with Crippen LogP contribution in [0.1, 0.15) is 13.3 Å². The van der Waals surface area contributed by atoms with Gasteiger partial charge in [-0.15, -0.1) is 10.2 Å². The van der Waals surface area contributed by atoms with Crippen LogP contribution in [0, 0.1) is 0 Å². The zero-order valence-electron chi connectivity index (χ0n) is 11.9. The van der Waals surface area contributed by atoms with E-state index in [0.29, 0.717) is 49.3 Å². The van der Waals surface area contributed by atoms with Crippen molar-refractivity contribution in [2.24, 2.45) is 0 Å². The second kappa shape index (κ2) is 7.94. The number of ether oxygens (including phenoxy) is 1. The Morgan fingerprint density at radius 2 is 2.10 bits per heavy atom. The maximum absolute atomic E-state index is 12.0. The van der Waals surface area contributed by atoms with Crippen LogP contribution < -0.4 is 5.32 Å². The number of rotatable bonds is 5. The van der Waals surface area contributed by atoms with E-state index in [-0.39, 0.29) is 11.8 Å². The van der Waals surface area contributed by atoms with Crippen LogP contribution in [0.3, 0.4) is 0 Å². The Kier molecular flexibility index (Phi) is 5.94. The number of thioether (sulfide) groups is 1. The fourth-order valence-electron chi connectivity index (χ4n) is 1.73. The lowest BCUT2D eigenvalue weighted by Crippen LogP contribution is -2.41. The van der Waals surface area contributed by atoms with Gasteiger partial charge in [0.15, 0.2) is 5.82 Å². The monoisotopic (exact) mass is 310 g/mol. The van der Waals surface area contributed by atoms with Gasteiger partial charge in [-0.25, -0.2) is 0 Å². The Morgan fingerprint density at radius 3 is 2.71 bits per heavy atom. The Hall–Kier alpha value is -1.67. The quantitative estimate of drug-likeness (QED) is 0.809. The van der Waals surface area contributed by atoms with E-state index < -0.39 is 0 Å². The number of aromatic nitrogens is 2. The van der Waals surface area contributed by atoms with Gasteiger partial charge in [0.25, 0.3) is 0 Å². The van der Waals surface area contributed by atoms with Gasteiger partial charge >= 0.3 is 0 Å². The molecule has 0 saturated carbocycles. The molecule has 0 spiro atoms. The van der Waals surface area contributed by atoms with Crippen molar-refractivity contribution in [3.05, 3.63) is 12.1 Å². The molecule has 1 fully saturated rings. The van der Waals surface area contributed by atoms with E-state index in [4.69, 9.17) is 4.74 Å². The molecule has 0 aliphatic carbocycles. The van der Waals surface area contributed by atoms with Crippen LogP contribution in [-0.4, -0.2) is 59.0 Å². The lowest BCUT2D eigenvalue weighted by Gasteiger charge is -2.26. The number of nitrogens with zero attached hydrogens (tertiary/aromatic N) is 3. The number of amides is 2. The molecule has 114 valence electrons. The first-order valence-electron chi connectivity index (χ1n) is 6.81. The highest BCUT2D eigenvalue weighted by Gasteiger charge is 2.17. The predicted octanol–water partition coefficient (Wildman–Crippen LogP) is 0.776. The van der Waals surface area contributed by atoms with Crippen LogP contribution in [0.25, 0.3) is 0 Å². The first kappa shape index (κ1) is 15.7. The highest BCUT2D eigenvalue weighted by Crippen LogP contribution is 2.16. The third-order valence-electron chi connectivity index (χ3n) is 2.94. The molecule has 7 nitrogen and oxygen atoms in total. The minimum Gasteiger partial charge on any atom is -0.378 e. The summed E-state index contributed by atoms with van der Waals surface area (Å²) >= 11 is 1.34. The summed E-state index contributed by atoms with van der Waals surface area (Å²) in [7, 11) is 0. The molecule has 2 rings (SSSR count). The Morgan fingerprint density at radius 1 is 1.33 bits per heavy atom. The van der Waals surface area contributed by atoms with E-state index in [0.717, 1.165) is 0 Å². The van der Waals surface area contributed by atoms with Crippen molar-refractivity contribution < 1.29 is 14.3 Å². The number of carbonyl (C=O) groups excluding carboxylic acids is 2. The van der Waals surface area contributed by atoms with Crippen molar-refractivity contribution in [3.8, 4) is 0 Å². The lowest BCUT2D eigenvalue weighted by atomic mass is 10.4. The third kappa shape index (κ3) is 4.98. The summed E-state index contributed by atoms with van der Waals surface area (Å²) in [6.45, 7) is 4.26. The Labute approximate surface area is 127 Å². The van der Waals surface area contributed by atoms with Crippen molar-refractivity contribution >= 4 is 29.4 Å². The van der Waals surface area contributed by atoms with E-state index in [9.17, 15) is 9.59 Å². The zero-order valence-corrected chi connectivity index (χ0v) is 12.7. The molecule has 1 aromatic rings. The van der Waals surface area contributed by atoms with Gasteiger partial charge in [-0.05, 0) is 12.1 Å². The van der Waals surface area contributed by atoms with Crippen molar-refractivity contribution in [1.29, 1.82) is 0 Å². The molecule has 8 heteroatoms. The largest absolute Gasteiger partial charge is 0.378 e. The first-order valence-corrected chi connectivity index (χ1v) is 7.79. The van der Waals surface area contributed by atoms with E-state index in [1.807, 2.05) is 0 Å². The maximum Gasteiger partial charge on any atom is 0.233 e. The van der Waals surface area contributed by atoms with E-state index in [1.165, 1.54) is 11.8 Å². The molecule has 0 radical (unpaired) electrons. The summed E-state index contributed by atoms with van der Waals surface area (Å²) < 4.78 is 5.21. The molecule has 1 aromatic heterocycles. The third-order valence-corrected chi connectivity index (χ3v) is 3.84. The van der Waals surface area contributed by atoms with Gasteiger partial charge in [-0.1, -0.05) is 18.7 Å². The Balaban J connectivity index is 1.80. The molecule has 0 bridgehead atoms. The van der Waals surface area contributed by atoms with Gasteiger partial charge in [0, 0.05) is 19.5 Å². The van der Waals surface area contributed by atoms with Crippen molar-refractivity contribution in [2.75, 3.05) is 37.4 Å². The minimum atomic E-state index is -0.104. The molecule has 0 atom stereocenters. The van der Waals surface area contributed by atoms with Gasteiger partial charge in [0.2, 0.25) is 11.8 Å². The van der Waals surface area contributed by atoms with Gasteiger partial charge in [0.05, 0.1) is 19.0 Å². The van der Waals surface area contributed by atoms with Crippen LogP contribution >= 0.6 is 11.8 Å². The second-order valence-electron chi connectivity index (χ2n) is 4.44. The fraction of sp³-hybridized carbons (Fsp3) is 0.538. The molecular weight excluding hydrogens is 292 g/mol. The van der Waals surface area contributed by atoms with Gasteiger partial charge in [-0.2, -0.15) is 0 Å². The summed E-state index contributed by atoms with van der Waals surface area (Å²) in [5.74, 6) is 0.723. The molecule has 1 saturated heterocycles. The molecule has 1 aliphatic rings.